The first-order chi connectivity index (χ1) is 11.4. The highest BCUT2D eigenvalue weighted by molar-refractivity contribution is 8.18. The highest BCUT2D eigenvalue weighted by Crippen LogP contribution is 2.32. The van der Waals surface area contributed by atoms with Gasteiger partial charge in [-0.15, -0.1) is 0 Å². The van der Waals surface area contributed by atoms with E-state index >= 15 is 0 Å². The summed E-state index contributed by atoms with van der Waals surface area (Å²) < 4.78 is 9.38. The van der Waals surface area contributed by atoms with Crippen LogP contribution >= 0.6 is 11.8 Å². The molecule has 0 aliphatic carbocycles. The molecule has 2 amide bonds. The van der Waals surface area contributed by atoms with Crippen molar-refractivity contribution in [3.05, 3.63) is 34.7 Å². The minimum absolute atomic E-state index is 0.173. The number of imide groups is 1. The Hall–Kier alpha value is -2.81. The van der Waals surface area contributed by atoms with E-state index < -0.39 is 36.2 Å². The number of rotatable bonds is 6. The fourth-order valence-electron chi connectivity index (χ4n) is 1.78. The molecule has 9 heteroatoms. The second-order valence-corrected chi connectivity index (χ2v) is 5.57. The van der Waals surface area contributed by atoms with Gasteiger partial charge >= 0.3 is 5.97 Å². The minimum atomic E-state index is -1.33. The molecule has 0 saturated carbocycles. The van der Waals surface area contributed by atoms with Crippen LogP contribution < -0.4 is 9.84 Å². The Morgan fingerprint density at radius 2 is 1.92 bits per heavy atom. The largest absolute Gasteiger partial charge is 0.546 e. The standard InChI is InChI=1S/C15H13NO7S/c1-22-13(19)7-16-14(20)11(24-15(16)21)6-9-2-4-10(5-3-9)23-8-12(17)18/h2-6H,7-8H2,1H3,(H,17,18)/p-1/b11-6-. The van der Waals surface area contributed by atoms with Gasteiger partial charge in [-0.1, -0.05) is 12.1 Å². The van der Waals surface area contributed by atoms with Crippen molar-refractivity contribution < 1.29 is 33.8 Å². The zero-order valence-electron chi connectivity index (χ0n) is 12.5. The van der Waals surface area contributed by atoms with Crippen LogP contribution in [0.3, 0.4) is 0 Å². The van der Waals surface area contributed by atoms with Gasteiger partial charge in [-0.05, 0) is 35.5 Å². The van der Waals surface area contributed by atoms with Crippen molar-refractivity contribution in [2.45, 2.75) is 0 Å². The average Bonchev–Trinajstić information content (AvgIpc) is 2.81. The Kier molecular flexibility index (Phi) is 5.59. The van der Waals surface area contributed by atoms with Crippen LogP contribution in [0.1, 0.15) is 5.56 Å². The molecule has 8 nitrogen and oxygen atoms in total. The molecule has 0 unspecified atom stereocenters. The van der Waals surface area contributed by atoms with Gasteiger partial charge < -0.3 is 19.4 Å². The summed E-state index contributed by atoms with van der Waals surface area (Å²) in [6.45, 7) is -1.000. The summed E-state index contributed by atoms with van der Waals surface area (Å²) in [5.41, 5.74) is 0.611. The minimum Gasteiger partial charge on any atom is -0.546 e. The summed E-state index contributed by atoms with van der Waals surface area (Å²) in [5, 5.41) is 9.76. The summed E-state index contributed by atoms with van der Waals surface area (Å²) in [6.07, 6.45) is 1.49. The summed E-state index contributed by atoms with van der Waals surface area (Å²) in [4.78, 5) is 46.4. The molecule has 0 radical (unpaired) electrons. The number of carbonyl (C=O) groups is 4. The quantitative estimate of drug-likeness (QED) is 0.521. The maximum atomic E-state index is 12.1. The number of thioether (sulfide) groups is 1. The third kappa shape index (κ3) is 4.35. The Morgan fingerprint density at radius 3 is 2.50 bits per heavy atom. The number of hydrogen-bond donors (Lipinski definition) is 0. The fraction of sp³-hybridized carbons (Fsp3) is 0.200. The first kappa shape index (κ1) is 17.5. The van der Waals surface area contributed by atoms with Crippen molar-refractivity contribution in [1.29, 1.82) is 0 Å². The molecule has 1 aromatic carbocycles. The number of carboxylic acid groups (broad SMARTS) is 1. The predicted octanol–water partition coefficient (Wildman–Crippen LogP) is 0.0246. The number of ether oxygens (including phenoxy) is 2. The van der Waals surface area contributed by atoms with E-state index in [1.165, 1.54) is 25.3 Å². The molecule has 24 heavy (non-hydrogen) atoms. The van der Waals surface area contributed by atoms with Gasteiger partial charge in [0.2, 0.25) is 0 Å². The first-order valence-corrected chi connectivity index (χ1v) is 7.47. The van der Waals surface area contributed by atoms with Gasteiger partial charge in [0.25, 0.3) is 11.1 Å². The van der Waals surface area contributed by atoms with Gasteiger partial charge in [0.05, 0.1) is 18.0 Å². The third-order valence-corrected chi connectivity index (χ3v) is 3.83. The van der Waals surface area contributed by atoms with Crippen LogP contribution in [-0.4, -0.2) is 48.2 Å². The number of carboxylic acids is 1. The number of methoxy groups -OCH3 is 1. The van der Waals surface area contributed by atoms with E-state index in [0.717, 1.165) is 16.7 Å². The lowest BCUT2D eigenvalue weighted by atomic mass is 10.2. The van der Waals surface area contributed by atoms with Gasteiger partial charge in [-0.2, -0.15) is 0 Å². The smallest absolute Gasteiger partial charge is 0.325 e. The second-order valence-electron chi connectivity index (χ2n) is 4.57. The van der Waals surface area contributed by atoms with E-state index in [1.54, 1.807) is 12.1 Å². The molecule has 1 heterocycles. The zero-order valence-corrected chi connectivity index (χ0v) is 13.3. The van der Waals surface area contributed by atoms with Crippen LogP contribution in [0.4, 0.5) is 4.79 Å². The van der Waals surface area contributed by atoms with Gasteiger partial charge in [0.15, 0.2) is 0 Å². The van der Waals surface area contributed by atoms with Gasteiger partial charge in [-0.3, -0.25) is 19.3 Å². The molecule has 0 atom stereocenters. The molecule has 0 aromatic heterocycles. The normalized spacial score (nSPS) is 15.7. The van der Waals surface area contributed by atoms with E-state index in [4.69, 9.17) is 4.74 Å². The van der Waals surface area contributed by atoms with Crippen LogP contribution in [0.5, 0.6) is 5.75 Å². The molecule has 0 spiro atoms. The topological polar surface area (TPSA) is 113 Å². The molecule has 0 N–H and O–H groups in total. The molecular weight excluding hydrogens is 338 g/mol. The van der Waals surface area contributed by atoms with E-state index in [9.17, 15) is 24.3 Å². The SMILES string of the molecule is COC(=O)CN1C(=O)S/C(=C\c2ccc(OCC(=O)[O-])cc2)C1=O. The summed E-state index contributed by atoms with van der Waals surface area (Å²) in [6, 6.07) is 6.23. The van der Waals surface area contributed by atoms with Crippen molar-refractivity contribution in [3.63, 3.8) is 0 Å². The van der Waals surface area contributed by atoms with Crippen molar-refractivity contribution >= 4 is 40.9 Å². The number of benzene rings is 1. The Morgan fingerprint density at radius 1 is 1.25 bits per heavy atom. The summed E-state index contributed by atoms with van der Waals surface area (Å²) >= 11 is 0.721. The van der Waals surface area contributed by atoms with Gasteiger partial charge in [0, 0.05) is 0 Å². The van der Waals surface area contributed by atoms with Crippen LogP contribution in [0.25, 0.3) is 6.08 Å². The lowest BCUT2D eigenvalue weighted by Gasteiger charge is -2.09. The Balaban J connectivity index is 2.08. The van der Waals surface area contributed by atoms with Crippen LogP contribution in [0.15, 0.2) is 29.2 Å². The molecule has 1 aliphatic heterocycles. The zero-order chi connectivity index (χ0) is 17.7. The highest BCUT2D eigenvalue weighted by atomic mass is 32.2. The molecule has 1 fully saturated rings. The number of amides is 2. The predicted molar refractivity (Wildman–Crippen MR) is 81.6 cm³/mol. The van der Waals surface area contributed by atoms with Crippen LogP contribution in [-0.2, 0) is 19.1 Å². The fourth-order valence-corrected chi connectivity index (χ4v) is 2.62. The number of hydrogen-bond acceptors (Lipinski definition) is 8. The third-order valence-electron chi connectivity index (χ3n) is 2.92. The molecule has 126 valence electrons. The second kappa shape index (κ2) is 7.64. The molecule has 1 saturated heterocycles. The number of aliphatic carboxylic acids is 1. The van der Waals surface area contributed by atoms with Crippen molar-refractivity contribution in [3.8, 4) is 5.75 Å². The molecular formula is C15H12NO7S-. The lowest BCUT2D eigenvalue weighted by Crippen LogP contribution is -2.34. The lowest BCUT2D eigenvalue weighted by molar-refractivity contribution is -0.307. The molecule has 0 bridgehead atoms. The van der Waals surface area contributed by atoms with Crippen LogP contribution in [0.2, 0.25) is 0 Å². The highest BCUT2D eigenvalue weighted by Gasteiger charge is 2.36. The molecule has 1 aromatic rings. The van der Waals surface area contributed by atoms with E-state index in [2.05, 4.69) is 4.74 Å². The van der Waals surface area contributed by atoms with Gasteiger partial charge in [-0.25, -0.2) is 0 Å². The Labute approximate surface area is 141 Å². The van der Waals surface area contributed by atoms with E-state index in [-0.39, 0.29) is 4.91 Å². The maximum absolute atomic E-state index is 12.1. The first-order valence-electron chi connectivity index (χ1n) is 6.65. The molecule has 2 rings (SSSR count). The van der Waals surface area contributed by atoms with E-state index in [0.29, 0.717) is 11.3 Å². The van der Waals surface area contributed by atoms with Crippen LogP contribution in [0, 0.1) is 0 Å². The molecule has 1 aliphatic rings. The monoisotopic (exact) mass is 350 g/mol. The van der Waals surface area contributed by atoms with Gasteiger partial charge in [0.1, 0.15) is 18.9 Å². The van der Waals surface area contributed by atoms with Crippen molar-refractivity contribution in [2.24, 2.45) is 0 Å². The Bertz CT molecular complexity index is 711. The number of carbonyl (C=O) groups excluding carboxylic acids is 4. The number of nitrogens with zero attached hydrogens (tertiary/aromatic N) is 1. The van der Waals surface area contributed by atoms with Crippen molar-refractivity contribution in [2.75, 3.05) is 20.3 Å². The number of esters is 1. The summed E-state index contributed by atoms with van der Waals surface area (Å²) in [5.74, 6) is -2.27. The average molecular weight is 350 g/mol. The maximum Gasteiger partial charge on any atom is 0.325 e. The van der Waals surface area contributed by atoms with E-state index in [1.807, 2.05) is 0 Å². The van der Waals surface area contributed by atoms with Crippen molar-refractivity contribution in [1.82, 2.24) is 4.90 Å². The summed E-state index contributed by atoms with van der Waals surface area (Å²) in [7, 11) is 1.17.